The molecule has 0 aliphatic carbocycles. The number of carbonyl (C=O) groups is 5. The topological polar surface area (TPSA) is 107 Å². The number of hydrogen-bond donors (Lipinski definition) is 0. The van der Waals surface area contributed by atoms with Gasteiger partial charge in [-0.2, -0.15) is 0 Å². The lowest BCUT2D eigenvalue weighted by atomic mass is 10.0. The van der Waals surface area contributed by atoms with Gasteiger partial charge in [-0.1, -0.05) is 41.9 Å². The van der Waals surface area contributed by atoms with Gasteiger partial charge in [0, 0.05) is 10.0 Å². The van der Waals surface area contributed by atoms with Gasteiger partial charge in [0.25, 0.3) is 11.8 Å². The van der Waals surface area contributed by atoms with Crippen LogP contribution in [0, 0.1) is 5.92 Å². The third-order valence-corrected chi connectivity index (χ3v) is 6.32. The fourth-order valence-corrected chi connectivity index (χ4v) is 4.17. The minimum Gasteiger partial charge on any atom is -0.456 e. The Balaban J connectivity index is 1.38. The number of hydrogen-bond acceptors (Lipinski definition) is 7. The van der Waals surface area contributed by atoms with Gasteiger partial charge in [-0.3, -0.25) is 19.3 Å². The quantitative estimate of drug-likeness (QED) is 0.169. The van der Waals surface area contributed by atoms with E-state index in [2.05, 4.69) is 15.9 Å². The molecule has 0 fully saturated rings. The van der Waals surface area contributed by atoms with E-state index in [0.29, 0.717) is 5.56 Å². The van der Waals surface area contributed by atoms with Crippen molar-refractivity contribution < 1.29 is 33.4 Å². The molecule has 0 spiro atoms. The van der Waals surface area contributed by atoms with Crippen molar-refractivity contribution >= 4 is 45.5 Å². The Labute approximate surface area is 221 Å². The van der Waals surface area contributed by atoms with Crippen LogP contribution < -0.4 is 4.74 Å². The molecule has 0 saturated carbocycles. The van der Waals surface area contributed by atoms with E-state index in [1.165, 1.54) is 36.4 Å². The maximum absolute atomic E-state index is 12.9. The van der Waals surface area contributed by atoms with Gasteiger partial charge >= 0.3 is 11.9 Å². The van der Waals surface area contributed by atoms with Crippen LogP contribution >= 0.6 is 15.9 Å². The Kier molecular flexibility index (Phi) is 7.63. The van der Waals surface area contributed by atoms with E-state index >= 15 is 0 Å². The predicted molar refractivity (Wildman–Crippen MR) is 136 cm³/mol. The molecule has 1 heterocycles. The molecular weight excluding hydrogens is 542 g/mol. The average Bonchev–Trinajstić information content (AvgIpc) is 3.13. The summed E-state index contributed by atoms with van der Waals surface area (Å²) in [7, 11) is 0. The predicted octanol–water partition coefficient (Wildman–Crippen LogP) is 4.72. The Bertz CT molecular complexity index is 1350. The Morgan fingerprint density at radius 2 is 1.35 bits per heavy atom. The van der Waals surface area contributed by atoms with Crippen LogP contribution in [0.3, 0.4) is 0 Å². The third kappa shape index (κ3) is 5.51. The maximum Gasteiger partial charge on any atom is 0.343 e. The van der Waals surface area contributed by atoms with Gasteiger partial charge in [-0.25, -0.2) is 9.59 Å². The zero-order chi connectivity index (χ0) is 26.7. The van der Waals surface area contributed by atoms with E-state index in [-0.39, 0.29) is 22.4 Å². The van der Waals surface area contributed by atoms with Crippen molar-refractivity contribution in [3.63, 3.8) is 0 Å². The molecule has 37 heavy (non-hydrogen) atoms. The summed E-state index contributed by atoms with van der Waals surface area (Å²) < 4.78 is 11.4. The van der Waals surface area contributed by atoms with Gasteiger partial charge in [-0.05, 0) is 66.6 Å². The first-order valence-electron chi connectivity index (χ1n) is 11.4. The maximum atomic E-state index is 12.9. The Morgan fingerprint density at radius 3 is 1.89 bits per heavy atom. The highest BCUT2D eigenvalue weighted by atomic mass is 79.9. The molecule has 1 aliphatic heterocycles. The number of ether oxygens (including phenoxy) is 2. The SMILES string of the molecule is CC(C)[C@@H](C(=O)OCC(=O)c1ccc(OC(=O)c2ccc(Br)cc2)cc1)N1C(=O)c2ccccc2C1=O. The Morgan fingerprint density at radius 1 is 0.811 bits per heavy atom. The van der Waals surface area contributed by atoms with Crippen LogP contribution in [0.1, 0.15) is 55.3 Å². The van der Waals surface area contributed by atoms with Crippen molar-refractivity contribution in [3.05, 3.63) is 99.5 Å². The summed E-state index contributed by atoms with van der Waals surface area (Å²) in [5, 5.41) is 0. The van der Waals surface area contributed by atoms with Crippen LogP contribution in [0.5, 0.6) is 5.75 Å². The summed E-state index contributed by atoms with van der Waals surface area (Å²) >= 11 is 3.30. The molecule has 9 heteroatoms. The summed E-state index contributed by atoms with van der Waals surface area (Å²) in [6, 6.07) is 17.7. The zero-order valence-corrected chi connectivity index (χ0v) is 21.6. The van der Waals surface area contributed by atoms with Gasteiger partial charge in [0.2, 0.25) is 0 Å². The summed E-state index contributed by atoms with van der Waals surface area (Å²) in [6.07, 6.45) is 0. The number of esters is 2. The largest absolute Gasteiger partial charge is 0.456 e. The number of fused-ring (bicyclic) bond motifs is 1. The number of rotatable bonds is 8. The second-order valence-electron chi connectivity index (χ2n) is 8.67. The van der Waals surface area contributed by atoms with Crippen LogP contribution in [-0.2, 0) is 9.53 Å². The van der Waals surface area contributed by atoms with E-state index in [1.54, 1.807) is 50.2 Å². The zero-order valence-electron chi connectivity index (χ0n) is 20.0. The van der Waals surface area contributed by atoms with Gasteiger partial charge in [0.1, 0.15) is 11.8 Å². The summed E-state index contributed by atoms with van der Waals surface area (Å²) in [5.74, 6) is -3.24. The van der Waals surface area contributed by atoms with Gasteiger partial charge in [0.15, 0.2) is 12.4 Å². The molecule has 0 N–H and O–H groups in total. The molecule has 3 aromatic rings. The molecule has 3 aromatic carbocycles. The minimum atomic E-state index is -1.18. The monoisotopic (exact) mass is 563 g/mol. The fourth-order valence-electron chi connectivity index (χ4n) is 3.90. The number of nitrogens with zero attached hydrogens (tertiary/aromatic N) is 1. The van der Waals surface area contributed by atoms with Crippen molar-refractivity contribution in [1.82, 2.24) is 4.90 Å². The number of ketones is 1. The second kappa shape index (κ2) is 10.9. The molecule has 0 unspecified atom stereocenters. The van der Waals surface area contributed by atoms with Crippen LogP contribution in [0.15, 0.2) is 77.3 Å². The van der Waals surface area contributed by atoms with Crippen molar-refractivity contribution in [3.8, 4) is 5.75 Å². The lowest BCUT2D eigenvalue weighted by Crippen LogP contribution is -2.49. The summed E-state index contributed by atoms with van der Waals surface area (Å²) in [5.41, 5.74) is 1.05. The molecule has 8 nitrogen and oxygen atoms in total. The first kappa shape index (κ1) is 26.0. The number of amides is 2. The van der Waals surface area contributed by atoms with Gasteiger partial charge in [-0.15, -0.1) is 0 Å². The number of carbonyl (C=O) groups excluding carboxylic acids is 5. The molecule has 4 rings (SSSR count). The fraction of sp³-hybridized carbons (Fsp3) is 0.179. The standard InChI is InChI=1S/C28H22BrNO7/c1-16(2)24(30-25(32)21-5-3-4-6-22(21)26(30)33)28(35)36-15-23(31)17-9-13-20(14-10-17)37-27(34)18-7-11-19(29)12-8-18/h3-14,16,24H,15H2,1-2H3/t24-/m0/s1. The van der Waals surface area contributed by atoms with E-state index in [0.717, 1.165) is 9.37 Å². The summed E-state index contributed by atoms with van der Waals surface area (Å²) in [4.78, 5) is 64.3. The molecular formula is C28H22BrNO7. The molecule has 2 amide bonds. The van der Waals surface area contributed by atoms with Crippen LogP contribution in [0.25, 0.3) is 0 Å². The van der Waals surface area contributed by atoms with Crippen molar-refractivity contribution in [2.45, 2.75) is 19.9 Å². The molecule has 1 aliphatic rings. The van der Waals surface area contributed by atoms with E-state index in [9.17, 15) is 24.0 Å². The first-order valence-corrected chi connectivity index (χ1v) is 12.2. The number of benzene rings is 3. The Hall–Kier alpha value is -4.11. The van der Waals surface area contributed by atoms with Crippen molar-refractivity contribution in [1.29, 1.82) is 0 Å². The molecule has 188 valence electrons. The highest BCUT2D eigenvalue weighted by Crippen LogP contribution is 2.27. The van der Waals surface area contributed by atoms with Crippen LogP contribution in [0.2, 0.25) is 0 Å². The highest BCUT2D eigenvalue weighted by Gasteiger charge is 2.44. The lowest BCUT2D eigenvalue weighted by molar-refractivity contribution is -0.148. The number of imide groups is 1. The third-order valence-electron chi connectivity index (χ3n) is 5.79. The lowest BCUT2D eigenvalue weighted by Gasteiger charge is -2.27. The molecule has 0 bridgehead atoms. The molecule has 0 radical (unpaired) electrons. The highest BCUT2D eigenvalue weighted by molar-refractivity contribution is 9.10. The van der Waals surface area contributed by atoms with Crippen LogP contribution in [0.4, 0.5) is 0 Å². The summed E-state index contributed by atoms with van der Waals surface area (Å²) in [6.45, 7) is 2.79. The second-order valence-corrected chi connectivity index (χ2v) is 9.58. The van der Waals surface area contributed by atoms with E-state index in [4.69, 9.17) is 9.47 Å². The molecule has 0 aromatic heterocycles. The molecule has 1 atom stereocenters. The average molecular weight is 564 g/mol. The minimum absolute atomic E-state index is 0.225. The van der Waals surface area contributed by atoms with Gasteiger partial charge < -0.3 is 9.47 Å². The van der Waals surface area contributed by atoms with Crippen molar-refractivity contribution in [2.24, 2.45) is 5.92 Å². The van der Waals surface area contributed by atoms with E-state index in [1.807, 2.05) is 0 Å². The van der Waals surface area contributed by atoms with Gasteiger partial charge in [0.05, 0.1) is 16.7 Å². The first-order chi connectivity index (χ1) is 17.7. The number of Topliss-reactive ketones (excluding diaryl/α,β-unsaturated/α-hetero) is 1. The van der Waals surface area contributed by atoms with Crippen LogP contribution in [-0.4, -0.2) is 47.1 Å². The van der Waals surface area contributed by atoms with Crippen molar-refractivity contribution in [2.75, 3.05) is 6.61 Å². The van der Waals surface area contributed by atoms with E-state index < -0.39 is 48.1 Å². The number of halogens is 1. The smallest absolute Gasteiger partial charge is 0.343 e. The molecule has 0 saturated heterocycles. The normalized spacial score (nSPS) is 13.4.